The minimum atomic E-state index is -0.127. The summed E-state index contributed by atoms with van der Waals surface area (Å²) in [6, 6.07) is 8.09. The summed E-state index contributed by atoms with van der Waals surface area (Å²) < 4.78 is 13.6. The number of nitrogens with one attached hydrogen (secondary N) is 1. The van der Waals surface area contributed by atoms with E-state index >= 15 is 0 Å². The van der Waals surface area contributed by atoms with Crippen LogP contribution in [0, 0.1) is 12.8 Å². The molecule has 2 unspecified atom stereocenters. The van der Waals surface area contributed by atoms with E-state index in [2.05, 4.69) is 41.3 Å². The van der Waals surface area contributed by atoms with Crippen LogP contribution in [0.4, 0.5) is 0 Å². The van der Waals surface area contributed by atoms with Crippen molar-refractivity contribution in [3.8, 4) is 5.75 Å². The lowest BCUT2D eigenvalue weighted by atomic mass is 9.89. The SMILES string of the molecule is Cc1ccc2c(c1)C(C)C(NC(=O)c1cc3n(n1)CCN(CCOCC1CC1)C3)CO2. The molecule has 3 aliphatic rings. The van der Waals surface area contributed by atoms with E-state index in [0.717, 1.165) is 62.3 Å². The van der Waals surface area contributed by atoms with Gasteiger partial charge in [0.1, 0.15) is 12.4 Å². The molecule has 31 heavy (non-hydrogen) atoms. The van der Waals surface area contributed by atoms with Crippen LogP contribution in [-0.2, 0) is 17.8 Å². The molecule has 166 valence electrons. The molecule has 3 heterocycles. The summed E-state index contributed by atoms with van der Waals surface area (Å²) in [5, 5.41) is 7.72. The molecule has 2 atom stereocenters. The fourth-order valence-electron chi connectivity index (χ4n) is 4.46. The van der Waals surface area contributed by atoms with Gasteiger partial charge in [-0.1, -0.05) is 24.6 Å². The Kier molecular flexibility index (Phi) is 5.71. The average Bonchev–Trinajstić information content (AvgIpc) is 3.49. The van der Waals surface area contributed by atoms with E-state index in [0.29, 0.717) is 12.3 Å². The van der Waals surface area contributed by atoms with Crippen LogP contribution in [-0.4, -0.2) is 59.5 Å². The van der Waals surface area contributed by atoms with E-state index in [1.807, 2.05) is 16.8 Å². The van der Waals surface area contributed by atoms with Crippen LogP contribution in [0.3, 0.4) is 0 Å². The molecule has 5 rings (SSSR count). The Bertz CT molecular complexity index is 952. The molecule has 1 N–H and O–H groups in total. The normalized spacial score (nSPS) is 23.0. The van der Waals surface area contributed by atoms with Gasteiger partial charge in [0.2, 0.25) is 0 Å². The molecule has 2 aliphatic heterocycles. The summed E-state index contributed by atoms with van der Waals surface area (Å²) in [5.74, 6) is 1.79. The molecule has 7 heteroatoms. The molecule has 0 bridgehead atoms. The summed E-state index contributed by atoms with van der Waals surface area (Å²) in [5.41, 5.74) is 3.93. The molecule has 0 spiro atoms. The Labute approximate surface area is 183 Å². The summed E-state index contributed by atoms with van der Waals surface area (Å²) in [7, 11) is 0. The maximum Gasteiger partial charge on any atom is 0.272 e. The van der Waals surface area contributed by atoms with E-state index in [-0.39, 0.29) is 17.9 Å². The van der Waals surface area contributed by atoms with E-state index in [1.54, 1.807) is 0 Å². The zero-order valence-corrected chi connectivity index (χ0v) is 18.5. The Balaban J connectivity index is 1.17. The van der Waals surface area contributed by atoms with Crippen molar-refractivity contribution in [1.29, 1.82) is 0 Å². The summed E-state index contributed by atoms with van der Waals surface area (Å²) in [6.45, 7) is 9.86. The molecule has 1 saturated carbocycles. The Hall–Kier alpha value is -2.38. The van der Waals surface area contributed by atoms with Crippen molar-refractivity contribution in [2.24, 2.45) is 5.92 Å². The third-order valence-electron chi connectivity index (χ3n) is 6.71. The molecule has 2 aromatic rings. The topological polar surface area (TPSA) is 68.6 Å². The van der Waals surface area contributed by atoms with Crippen molar-refractivity contribution >= 4 is 5.91 Å². The summed E-state index contributed by atoms with van der Waals surface area (Å²) in [6.07, 6.45) is 2.65. The lowest BCUT2D eigenvalue weighted by Crippen LogP contribution is -2.44. The molecular formula is C24H32N4O3. The molecule has 0 radical (unpaired) electrons. The predicted octanol–water partition coefficient (Wildman–Crippen LogP) is 2.73. The number of aryl methyl sites for hydroxylation is 1. The second kappa shape index (κ2) is 8.63. The number of rotatable bonds is 7. The van der Waals surface area contributed by atoms with Gasteiger partial charge in [0.05, 0.1) is 24.9 Å². The van der Waals surface area contributed by atoms with Gasteiger partial charge in [0.15, 0.2) is 5.69 Å². The van der Waals surface area contributed by atoms with Gasteiger partial charge in [-0.25, -0.2) is 0 Å². The number of amides is 1. The minimum Gasteiger partial charge on any atom is -0.491 e. The van der Waals surface area contributed by atoms with E-state index in [4.69, 9.17) is 9.47 Å². The highest BCUT2D eigenvalue weighted by molar-refractivity contribution is 5.92. The van der Waals surface area contributed by atoms with Crippen molar-refractivity contribution in [3.63, 3.8) is 0 Å². The molecule has 1 fully saturated rings. The molecular weight excluding hydrogens is 392 g/mol. The van der Waals surface area contributed by atoms with Crippen LogP contribution in [0.15, 0.2) is 24.3 Å². The number of nitrogens with zero attached hydrogens (tertiary/aromatic N) is 3. The van der Waals surface area contributed by atoms with Crippen LogP contribution in [0.1, 0.15) is 53.0 Å². The predicted molar refractivity (Wildman–Crippen MR) is 117 cm³/mol. The van der Waals surface area contributed by atoms with Gasteiger partial charge < -0.3 is 14.8 Å². The van der Waals surface area contributed by atoms with Crippen LogP contribution < -0.4 is 10.1 Å². The number of carbonyl (C=O) groups is 1. The number of benzene rings is 1. The van der Waals surface area contributed by atoms with E-state index in [1.165, 1.54) is 18.4 Å². The zero-order valence-electron chi connectivity index (χ0n) is 18.5. The maximum absolute atomic E-state index is 12.9. The van der Waals surface area contributed by atoms with Crippen LogP contribution in [0.25, 0.3) is 0 Å². The number of aromatic nitrogens is 2. The van der Waals surface area contributed by atoms with Crippen molar-refractivity contribution in [2.45, 2.75) is 51.7 Å². The first-order valence-electron chi connectivity index (χ1n) is 11.5. The molecule has 1 aromatic heterocycles. The molecule has 1 aliphatic carbocycles. The fourth-order valence-corrected chi connectivity index (χ4v) is 4.46. The highest BCUT2D eigenvalue weighted by Crippen LogP contribution is 2.34. The Morgan fingerprint density at radius 2 is 2.16 bits per heavy atom. The second-order valence-corrected chi connectivity index (χ2v) is 9.26. The van der Waals surface area contributed by atoms with Gasteiger partial charge in [0.25, 0.3) is 5.91 Å². The van der Waals surface area contributed by atoms with Gasteiger partial charge >= 0.3 is 0 Å². The third kappa shape index (κ3) is 4.62. The van der Waals surface area contributed by atoms with Gasteiger partial charge in [-0.3, -0.25) is 14.4 Å². The average molecular weight is 425 g/mol. The first-order chi connectivity index (χ1) is 15.1. The largest absolute Gasteiger partial charge is 0.491 e. The number of ether oxygens (including phenoxy) is 2. The first-order valence-corrected chi connectivity index (χ1v) is 11.5. The van der Waals surface area contributed by atoms with Gasteiger partial charge in [-0.15, -0.1) is 0 Å². The Morgan fingerprint density at radius 3 is 3.00 bits per heavy atom. The van der Waals surface area contributed by atoms with Gasteiger partial charge in [-0.2, -0.15) is 5.10 Å². The van der Waals surface area contributed by atoms with Crippen LogP contribution in [0.2, 0.25) is 0 Å². The highest BCUT2D eigenvalue weighted by Gasteiger charge is 2.30. The lowest BCUT2D eigenvalue weighted by molar-refractivity contribution is 0.0862. The van der Waals surface area contributed by atoms with E-state index < -0.39 is 0 Å². The minimum absolute atomic E-state index is 0.0688. The van der Waals surface area contributed by atoms with Crippen molar-refractivity contribution in [3.05, 3.63) is 46.8 Å². The van der Waals surface area contributed by atoms with Crippen molar-refractivity contribution in [2.75, 3.05) is 32.9 Å². The highest BCUT2D eigenvalue weighted by atomic mass is 16.5. The summed E-state index contributed by atoms with van der Waals surface area (Å²) in [4.78, 5) is 15.3. The maximum atomic E-state index is 12.9. The number of fused-ring (bicyclic) bond motifs is 2. The van der Waals surface area contributed by atoms with Crippen molar-refractivity contribution < 1.29 is 14.3 Å². The second-order valence-electron chi connectivity index (χ2n) is 9.26. The molecule has 0 saturated heterocycles. The lowest BCUT2D eigenvalue weighted by Gasteiger charge is -2.32. The third-order valence-corrected chi connectivity index (χ3v) is 6.71. The zero-order chi connectivity index (χ0) is 21.4. The Morgan fingerprint density at radius 1 is 1.29 bits per heavy atom. The number of carbonyl (C=O) groups excluding carboxylic acids is 1. The molecule has 1 aromatic carbocycles. The fraction of sp³-hybridized carbons (Fsp3) is 0.583. The number of hydrogen-bond acceptors (Lipinski definition) is 5. The van der Waals surface area contributed by atoms with Crippen molar-refractivity contribution in [1.82, 2.24) is 20.0 Å². The van der Waals surface area contributed by atoms with Crippen LogP contribution >= 0.6 is 0 Å². The standard InChI is InChI=1S/C24H32N4O3/c1-16-3-6-23-20(11-16)17(2)22(15-31-23)25-24(29)21-12-19-13-27(7-8-28(19)26-21)9-10-30-14-18-4-5-18/h3,6,11-12,17-18,22H,4-5,7-10,13-15H2,1-2H3,(H,25,29). The molecule has 7 nitrogen and oxygen atoms in total. The van der Waals surface area contributed by atoms with E-state index in [9.17, 15) is 4.79 Å². The van der Waals surface area contributed by atoms with Gasteiger partial charge in [0, 0.05) is 32.2 Å². The number of hydrogen-bond donors (Lipinski definition) is 1. The first kappa shape index (κ1) is 20.5. The van der Waals surface area contributed by atoms with Gasteiger partial charge in [-0.05, 0) is 43.4 Å². The summed E-state index contributed by atoms with van der Waals surface area (Å²) >= 11 is 0. The monoisotopic (exact) mass is 424 g/mol. The molecule has 1 amide bonds. The van der Waals surface area contributed by atoms with Crippen LogP contribution in [0.5, 0.6) is 5.75 Å². The smallest absolute Gasteiger partial charge is 0.272 e. The quantitative estimate of drug-likeness (QED) is 0.693.